The number of pyridine rings is 2. The fourth-order valence-corrected chi connectivity index (χ4v) is 1.97. The molecule has 0 saturated heterocycles. The van der Waals surface area contributed by atoms with Crippen LogP contribution in [0.3, 0.4) is 0 Å². The van der Waals surface area contributed by atoms with Crippen LogP contribution in [0.15, 0.2) is 29.2 Å². The van der Waals surface area contributed by atoms with Gasteiger partial charge in [-0.05, 0) is 31.0 Å². The van der Waals surface area contributed by atoms with E-state index >= 15 is 0 Å². The lowest BCUT2D eigenvalue weighted by Gasteiger charge is -2.13. The van der Waals surface area contributed by atoms with Crippen molar-refractivity contribution in [1.29, 1.82) is 0 Å². The van der Waals surface area contributed by atoms with E-state index in [1.54, 1.807) is 10.9 Å². The van der Waals surface area contributed by atoms with E-state index in [1.165, 1.54) is 0 Å². The number of hydrogen-bond donors (Lipinski definition) is 1. The van der Waals surface area contributed by atoms with E-state index in [0.29, 0.717) is 5.65 Å². The first-order valence-corrected chi connectivity index (χ1v) is 6.51. The molecule has 2 rings (SSSR count). The average molecular weight is 245 g/mol. The Labute approximate surface area is 107 Å². The molecule has 2 heterocycles. The Kier molecular flexibility index (Phi) is 3.97. The number of fused-ring (bicyclic) bond motifs is 1. The van der Waals surface area contributed by atoms with Gasteiger partial charge >= 0.3 is 0 Å². The summed E-state index contributed by atoms with van der Waals surface area (Å²) in [7, 11) is 0. The van der Waals surface area contributed by atoms with Crippen molar-refractivity contribution in [3.63, 3.8) is 0 Å². The number of nitrogens with one attached hydrogen (secondary N) is 1. The van der Waals surface area contributed by atoms with Crippen LogP contribution in [0.25, 0.3) is 11.0 Å². The Morgan fingerprint density at radius 1 is 1.39 bits per heavy atom. The van der Waals surface area contributed by atoms with Gasteiger partial charge in [0.15, 0.2) is 5.65 Å². The standard InChI is InChI=1S/C14H19N3O/c1-3-5-9-16-17-13-12(7-6-8-15-13)10-11(4-2)14(17)18/h6-8,10,16H,3-5,9H2,1-2H3. The van der Waals surface area contributed by atoms with Crippen LogP contribution in [0, 0.1) is 0 Å². The van der Waals surface area contributed by atoms with Gasteiger partial charge in [0.25, 0.3) is 5.56 Å². The smallest absolute Gasteiger partial charge is 0.273 e. The van der Waals surface area contributed by atoms with E-state index in [1.807, 2.05) is 25.1 Å². The summed E-state index contributed by atoms with van der Waals surface area (Å²) in [6, 6.07) is 5.81. The topological polar surface area (TPSA) is 46.9 Å². The van der Waals surface area contributed by atoms with E-state index < -0.39 is 0 Å². The zero-order chi connectivity index (χ0) is 13.0. The van der Waals surface area contributed by atoms with Crippen molar-refractivity contribution in [1.82, 2.24) is 9.66 Å². The fraction of sp³-hybridized carbons (Fsp3) is 0.429. The van der Waals surface area contributed by atoms with E-state index in [4.69, 9.17) is 0 Å². The first-order chi connectivity index (χ1) is 8.77. The maximum Gasteiger partial charge on any atom is 0.273 e. The molecule has 0 atom stereocenters. The summed E-state index contributed by atoms with van der Waals surface area (Å²) in [5.74, 6) is 0. The highest BCUT2D eigenvalue weighted by molar-refractivity contribution is 5.75. The van der Waals surface area contributed by atoms with Crippen molar-refractivity contribution >= 4 is 11.0 Å². The highest BCUT2D eigenvalue weighted by Gasteiger charge is 2.08. The lowest BCUT2D eigenvalue weighted by Crippen LogP contribution is -2.32. The number of nitrogens with zero attached hydrogens (tertiary/aromatic N) is 2. The number of hydrogen-bond acceptors (Lipinski definition) is 3. The molecular formula is C14H19N3O. The van der Waals surface area contributed by atoms with Crippen LogP contribution in [0.4, 0.5) is 0 Å². The molecule has 0 amide bonds. The second-order valence-corrected chi connectivity index (χ2v) is 4.34. The lowest BCUT2D eigenvalue weighted by molar-refractivity contribution is 0.741. The van der Waals surface area contributed by atoms with E-state index in [-0.39, 0.29) is 5.56 Å². The van der Waals surface area contributed by atoms with Crippen LogP contribution >= 0.6 is 0 Å². The van der Waals surface area contributed by atoms with Gasteiger partial charge in [-0.3, -0.25) is 4.79 Å². The molecule has 0 aliphatic carbocycles. The molecular weight excluding hydrogens is 226 g/mol. The predicted molar refractivity (Wildman–Crippen MR) is 74.5 cm³/mol. The van der Waals surface area contributed by atoms with Crippen molar-refractivity contribution in [3.05, 3.63) is 40.3 Å². The monoisotopic (exact) mass is 245 g/mol. The number of aromatic nitrogens is 2. The summed E-state index contributed by atoms with van der Waals surface area (Å²) >= 11 is 0. The van der Waals surface area contributed by atoms with Gasteiger partial charge in [0.1, 0.15) is 0 Å². The molecule has 2 aromatic heterocycles. The van der Waals surface area contributed by atoms with Gasteiger partial charge in [0.05, 0.1) is 0 Å². The SMILES string of the molecule is CCCCNn1c(=O)c(CC)cc2cccnc21. The Balaban J connectivity index is 2.52. The van der Waals surface area contributed by atoms with Crippen molar-refractivity contribution in [2.45, 2.75) is 33.1 Å². The van der Waals surface area contributed by atoms with Gasteiger partial charge in [-0.2, -0.15) is 0 Å². The molecule has 4 nitrogen and oxygen atoms in total. The molecule has 4 heteroatoms. The Morgan fingerprint density at radius 2 is 2.22 bits per heavy atom. The van der Waals surface area contributed by atoms with Gasteiger partial charge < -0.3 is 5.43 Å². The highest BCUT2D eigenvalue weighted by atomic mass is 16.1. The molecule has 0 bridgehead atoms. The zero-order valence-electron chi connectivity index (χ0n) is 10.9. The minimum Gasteiger partial charge on any atom is -0.321 e. The normalized spacial score (nSPS) is 10.8. The maximum atomic E-state index is 12.3. The second kappa shape index (κ2) is 5.67. The molecule has 1 N–H and O–H groups in total. The largest absolute Gasteiger partial charge is 0.321 e. The summed E-state index contributed by atoms with van der Waals surface area (Å²) in [5.41, 5.74) is 4.71. The minimum atomic E-state index is 0.0137. The molecule has 96 valence electrons. The first kappa shape index (κ1) is 12.6. The number of aryl methyl sites for hydroxylation is 1. The Hall–Kier alpha value is -1.84. The van der Waals surface area contributed by atoms with Crippen LogP contribution in [0.5, 0.6) is 0 Å². The predicted octanol–water partition coefficient (Wildman–Crippen LogP) is 2.30. The van der Waals surface area contributed by atoms with E-state index in [2.05, 4.69) is 17.3 Å². The van der Waals surface area contributed by atoms with Gasteiger partial charge in [-0.15, -0.1) is 0 Å². The molecule has 2 aromatic rings. The van der Waals surface area contributed by atoms with Crippen LogP contribution in [0.2, 0.25) is 0 Å². The number of rotatable bonds is 5. The van der Waals surface area contributed by atoms with Crippen molar-refractivity contribution in [3.8, 4) is 0 Å². The molecule has 0 radical (unpaired) electrons. The molecule has 0 spiro atoms. The van der Waals surface area contributed by atoms with E-state index in [0.717, 1.165) is 36.8 Å². The Bertz CT molecular complexity index is 589. The third-order valence-corrected chi connectivity index (χ3v) is 3.02. The van der Waals surface area contributed by atoms with Crippen LogP contribution in [-0.2, 0) is 6.42 Å². The average Bonchev–Trinajstić information content (AvgIpc) is 2.41. The van der Waals surface area contributed by atoms with Crippen LogP contribution in [0.1, 0.15) is 32.3 Å². The summed E-state index contributed by atoms with van der Waals surface area (Å²) < 4.78 is 1.59. The van der Waals surface area contributed by atoms with Gasteiger partial charge in [0.2, 0.25) is 0 Å². The maximum absolute atomic E-state index is 12.3. The van der Waals surface area contributed by atoms with Crippen molar-refractivity contribution < 1.29 is 0 Å². The third-order valence-electron chi connectivity index (χ3n) is 3.02. The zero-order valence-corrected chi connectivity index (χ0v) is 10.9. The van der Waals surface area contributed by atoms with Crippen LogP contribution < -0.4 is 11.0 Å². The summed E-state index contributed by atoms with van der Waals surface area (Å²) in [4.78, 5) is 16.6. The molecule has 0 fully saturated rings. The molecule has 18 heavy (non-hydrogen) atoms. The summed E-state index contributed by atoms with van der Waals surface area (Å²) in [6.07, 6.45) is 4.59. The molecule has 0 aromatic carbocycles. The highest BCUT2D eigenvalue weighted by Crippen LogP contribution is 2.10. The molecule has 0 unspecified atom stereocenters. The molecule has 0 aliphatic rings. The number of unbranched alkanes of at least 4 members (excludes halogenated alkanes) is 1. The summed E-state index contributed by atoms with van der Waals surface area (Å²) in [5, 5.41) is 0.998. The van der Waals surface area contributed by atoms with Crippen molar-refractivity contribution in [2.24, 2.45) is 0 Å². The quantitative estimate of drug-likeness (QED) is 0.822. The van der Waals surface area contributed by atoms with Gasteiger partial charge in [-0.25, -0.2) is 9.66 Å². The molecule has 0 aliphatic heterocycles. The van der Waals surface area contributed by atoms with Crippen LogP contribution in [-0.4, -0.2) is 16.2 Å². The third kappa shape index (κ3) is 2.37. The first-order valence-electron chi connectivity index (χ1n) is 6.51. The Morgan fingerprint density at radius 3 is 2.94 bits per heavy atom. The van der Waals surface area contributed by atoms with Gasteiger partial charge in [-0.1, -0.05) is 20.3 Å². The molecule has 0 saturated carbocycles. The van der Waals surface area contributed by atoms with E-state index in [9.17, 15) is 4.79 Å². The van der Waals surface area contributed by atoms with Gasteiger partial charge in [0, 0.05) is 23.7 Å². The lowest BCUT2D eigenvalue weighted by atomic mass is 10.2. The van der Waals surface area contributed by atoms with Crippen molar-refractivity contribution in [2.75, 3.05) is 12.0 Å². The summed E-state index contributed by atoms with van der Waals surface area (Å²) in [6.45, 7) is 4.91. The fourth-order valence-electron chi connectivity index (χ4n) is 1.97. The second-order valence-electron chi connectivity index (χ2n) is 4.34. The minimum absolute atomic E-state index is 0.0137.